The number of nitriles is 1. The number of rotatable bonds is 11. The summed E-state index contributed by atoms with van der Waals surface area (Å²) in [6.07, 6.45) is 0.557. The third-order valence-corrected chi connectivity index (χ3v) is 7.10. The van der Waals surface area contributed by atoms with Gasteiger partial charge in [0.25, 0.3) is 5.91 Å². The Balaban J connectivity index is 1.52. The smallest absolute Gasteiger partial charge is 0.303 e. The number of carboxylic acids is 1. The van der Waals surface area contributed by atoms with Gasteiger partial charge in [-0.25, -0.2) is 5.01 Å². The van der Waals surface area contributed by atoms with Gasteiger partial charge in [0.05, 0.1) is 18.5 Å². The first-order valence-corrected chi connectivity index (χ1v) is 13.4. The predicted molar refractivity (Wildman–Crippen MR) is 154 cm³/mol. The third-order valence-electron chi connectivity index (χ3n) is 7.10. The molecule has 9 nitrogen and oxygen atoms in total. The Morgan fingerprint density at radius 3 is 2.51 bits per heavy atom. The number of hydrogen-bond acceptors (Lipinski definition) is 6. The number of carbonyl (C=O) groups is 3. The summed E-state index contributed by atoms with van der Waals surface area (Å²) >= 11 is 0. The van der Waals surface area contributed by atoms with Crippen LogP contribution >= 0.6 is 0 Å². The minimum absolute atomic E-state index is 0.00134. The normalized spacial score (nSPS) is 14.3. The van der Waals surface area contributed by atoms with Crippen LogP contribution < -0.4 is 5.32 Å². The number of aryl methyl sites for hydroxylation is 1. The van der Waals surface area contributed by atoms with Crippen LogP contribution in [0.15, 0.2) is 77.9 Å². The third kappa shape index (κ3) is 7.37. The number of hydrazone groups is 1. The van der Waals surface area contributed by atoms with Crippen LogP contribution in [-0.4, -0.2) is 40.4 Å². The summed E-state index contributed by atoms with van der Waals surface area (Å²) in [6, 6.07) is 24.4. The highest BCUT2D eigenvalue weighted by molar-refractivity contribution is 5.98. The number of carboxylic acid groups (broad SMARTS) is 1. The van der Waals surface area contributed by atoms with Crippen molar-refractivity contribution in [3.05, 3.63) is 101 Å². The monoisotopic (exact) mass is 552 g/mol. The summed E-state index contributed by atoms with van der Waals surface area (Å²) in [5, 5.41) is 27.2. The van der Waals surface area contributed by atoms with Gasteiger partial charge in [0, 0.05) is 24.1 Å². The van der Waals surface area contributed by atoms with Gasteiger partial charge in [0.1, 0.15) is 0 Å². The second kappa shape index (κ2) is 13.4. The second-order valence-corrected chi connectivity index (χ2v) is 10.0. The standard InChI is InChI=1S/C32H32N4O5/c1-21(17-18-33)30(31(40)34-27-10-6-9-24(22(27)2)15-16-29(38)39)25-13-11-23(12-14-25)19-36-28(37)20-41-32(35-36)26-7-4-3-5-8-26/h3-14,21,30H,15-17,19-20H2,1-2H3,(H,34,40)(H,38,39). The van der Waals surface area contributed by atoms with Crippen molar-refractivity contribution in [1.29, 1.82) is 5.26 Å². The van der Waals surface area contributed by atoms with Crippen molar-refractivity contribution < 1.29 is 24.2 Å². The van der Waals surface area contributed by atoms with Crippen LogP contribution in [0.2, 0.25) is 0 Å². The van der Waals surface area contributed by atoms with Crippen molar-refractivity contribution in [2.24, 2.45) is 11.0 Å². The van der Waals surface area contributed by atoms with Crippen LogP contribution in [0.4, 0.5) is 5.69 Å². The van der Waals surface area contributed by atoms with Crippen LogP contribution in [-0.2, 0) is 32.1 Å². The Hall–Kier alpha value is -4.97. The first kappa shape index (κ1) is 29.0. The van der Waals surface area contributed by atoms with Crippen molar-refractivity contribution in [2.75, 3.05) is 11.9 Å². The van der Waals surface area contributed by atoms with Gasteiger partial charge in [-0.15, -0.1) is 5.10 Å². The maximum atomic E-state index is 13.6. The minimum Gasteiger partial charge on any atom is -0.481 e. The van der Waals surface area contributed by atoms with E-state index in [4.69, 9.17) is 9.84 Å². The summed E-state index contributed by atoms with van der Waals surface area (Å²) in [5.74, 6) is -1.87. The molecule has 210 valence electrons. The van der Waals surface area contributed by atoms with Gasteiger partial charge >= 0.3 is 5.97 Å². The van der Waals surface area contributed by atoms with E-state index in [1.807, 2.05) is 74.5 Å². The first-order valence-electron chi connectivity index (χ1n) is 13.4. The van der Waals surface area contributed by atoms with Gasteiger partial charge in [0.15, 0.2) is 6.61 Å². The highest BCUT2D eigenvalue weighted by Crippen LogP contribution is 2.30. The highest BCUT2D eigenvalue weighted by Gasteiger charge is 2.28. The fourth-order valence-corrected chi connectivity index (χ4v) is 4.79. The Labute approximate surface area is 239 Å². The van der Waals surface area contributed by atoms with Crippen LogP contribution in [0.25, 0.3) is 0 Å². The molecule has 9 heteroatoms. The van der Waals surface area contributed by atoms with E-state index in [1.54, 1.807) is 12.1 Å². The van der Waals surface area contributed by atoms with E-state index >= 15 is 0 Å². The summed E-state index contributed by atoms with van der Waals surface area (Å²) in [6.45, 7) is 3.86. The average Bonchev–Trinajstić information content (AvgIpc) is 2.96. The molecule has 2 N–H and O–H groups in total. The van der Waals surface area contributed by atoms with Gasteiger partial charge < -0.3 is 15.2 Å². The molecule has 2 unspecified atom stereocenters. The van der Waals surface area contributed by atoms with Gasteiger partial charge in [-0.05, 0) is 59.7 Å². The summed E-state index contributed by atoms with van der Waals surface area (Å²) in [4.78, 5) is 37.1. The van der Waals surface area contributed by atoms with Crippen LogP contribution in [0, 0.1) is 24.2 Å². The molecule has 0 bridgehead atoms. The molecule has 2 atom stereocenters. The molecule has 0 fully saturated rings. The van der Waals surface area contributed by atoms with Crippen molar-refractivity contribution in [3.63, 3.8) is 0 Å². The zero-order valence-corrected chi connectivity index (χ0v) is 23.0. The van der Waals surface area contributed by atoms with E-state index in [-0.39, 0.29) is 43.7 Å². The molecule has 2 amide bonds. The predicted octanol–water partition coefficient (Wildman–Crippen LogP) is 5.00. The van der Waals surface area contributed by atoms with E-state index in [1.165, 1.54) is 5.01 Å². The van der Waals surface area contributed by atoms with Gasteiger partial charge in [-0.3, -0.25) is 14.4 Å². The zero-order chi connectivity index (χ0) is 29.4. The van der Waals surface area contributed by atoms with Crippen molar-refractivity contribution in [1.82, 2.24) is 5.01 Å². The molecule has 0 saturated carbocycles. The fraction of sp³-hybridized carbons (Fsp3) is 0.281. The molecule has 3 aromatic carbocycles. The number of nitrogens with one attached hydrogen (secondary N) is 1. The number of benzene rings is 3. The molecule has 41 heavy (non-hydrogen) atoms. The molecule has 0 spiro atoms. The lowest BCUT2D eigenvalue weighted by atomic mass is 9.84. The zero-order valence-electron chi connectivity index (χ0n) is 23.0. The van der Waals surface area contributed by atoms with Gasteiger partial charge in [0.2, 0.25) is 11.8 Å². The Morgan fingerprint density at radius 1 is 1.10 bits per heavy atom. The molecule has 0 aliphatic carbocycles. The fourth-order valence-electron chi connectivity index (χ4n) is 4.79. The van der Waals surface area contributed by atoms with E-state index in [9.17, 15) is 19.6 Å². The SMILES string of the molecule is Cc1c(CCC(=O)O)cccc1NC(=O)C(c1ccc(CN2N=C(c3ccccc3)OCC2=O)cc1)C(C)CC#N. The minimum atomic E-state index is -0.880. The van der Waals surface area contributed by atoms with Crippen molar-refractivity contribution >= 4 is 29.4 Å². The topological polar surface area (TPSA) is 132 Å². The second-order valence-electron chi connectivity index (χ2n) is 10.0. The number of carbonyl (C=O) groups excluding carboxylic acids is 2. The number of anilines is 1. The number of ether oxygens (including phenoxy) is 1. The van der Waals surface area contributed by atoms with E-state index in [2.05, 4.69) is 16.5 Å². The van der Waals surface area contributed by atoms with Crippen LogP contribution in [0.1, 0.15) is 53.5 Å². The molecular formula is C32H32N4O5. The van der Waals surface area contributed by atoms with E-state index in [0.717, 1.165) is 27.8 Å². The number of nitrogens with zero attached hydrogens (tertiary/aromatic N) is 3. The number of hydrogen-bond donors (Lipinski definition) is 2. The van der Waals surface area contributed by atoms with Crippen LogP contribution in [0.5, 0.6) is 0 Å². The molecule has 0 radical (unpaired) electrons. The van der Waals surface area contributed by atoms with Gasteiger partial charge in [-0.1, -0.05) is 61.5 Å². The average molecular weight is 553 g/mol. The van der Waals surface area contributed by atoms with E-state index < -0.39 is 11.9 Å². The molecule has 3 aromatic rings. The molecule has 0 saturated heterocycles. The van der Waals surface area contributed by atoms with Crippen molar-refractivity contribution in [3.8, 4) is 6.07 Å². The number of amides is 2. The van der Waals surface area contributed by atoms with Crippen LogP contribution in [0.3, 0.4) is 0 Å². The lowest BCUT2D eigenvalue weighted by molar-refractivity contribution is -0.137. The molecule has 1 heterocycles. The summed E-state index contributed by atoms with van der Waals surface area (Å²) in [7, 11) is 0. The lowest BCUT2D eigenvalue weighted by Gasteiger charge is -2.25. The first-order chi connectivity index (χ1) is 19.8. The Bertz CT molecular complexity index is 1480. The maximum absolute atomic E-state index is 13.6. The Morgan fingerprint density at radius 2 is 1.83 bits per heavy atom. The molecular weight excluding hydrogens is 520 g/mol. The maximum Gasteiger partial charge on any atom is 0.303 e. The molecule has 4 rings (SSSR count). The summed E-state index contributed by atoms with van der Waals surface area (Å²) < 4.78 is 5.52. The molecule has 1 aliphatic heterocycles. The van der Waals surface area contributed by atoms with Gasteiger partial charge in [-0.2, -0.15) is 5.26 Å². The quantitative estimate of drug-likeness (QED) is 0.344. The number of aliphatic carboxylic acids is 1. The van der Waals surface area contributed by atoms with Crippen molar-refractivity contribution in [2.45, 2.75) is 45.6 Å². The Kier molecular flexibility index (Phi) is 9.48. The van der Waals surface area contributed by atoms with E-state index in [0.29, 0.717) is 18.0 Å². The highest BCUT2D eigenvalue weighted by atomic mass is 16.5. The summed E-state index contributed by atoms with van der Waals surface area (Å²) in [5.41, 5.74) is 4.64. The molecule has 1 aliphatic rings. The molecule has 0 aromatic heterocycles. The lowest BCUT2D eigenvalue weighted by Crippen LogP contribution is -2.36. The largest absolute Gasteiger partial charge is 0.481 e.